The number of halogens is 3. The van der Waals surface area contributed by atoms with Crippen molar-refractivity contribution in [1.82, 2.24) is 10.2 Å². The van der Waals surface area contributed by atoms with E-state index in [1.54, 1.807) is 44.4 Å². The van der Waals surface area contributed by atoms with Crippen LogP contribution in [0.15, 0.2) is 59.4 Å². The van der Waals surface area contributed by atoms with Gasteiger partial charge in [0.15, 0.2) is 5.72 Å². The Labute approximate surface area is 250 Å². The summed E-state index contributed by atoms with van der Waals surface area (Å²) < 4.78 is 53.3. The number of aliphatic hydroxyl groups is 1. The molecule has 7 atom stereocenters. The van der Waals surface area contributed by atoms with Gasteiger partial charge < -0.3 is 29.3 Å². The van der Waals surface area contributed by atoms with E-state index in [9.17, 15) is 23.1 Å². The van der Waals surface area contributed by atoms with Crippen LogP contribution in [-0.4, -0.2) is 85.0 Å². The Morgan fingerprint density at radius 1 is 1.19 bits per heavy atom. The molecular formula is C33H41F3N3O4+. The molecule has 232 valence electrons. The third-order valence-electron chi connectivity index (χ3n) is 11.1. The van der Waals surface area contributed by atoms with Gasteiger partial charge >= 0.3 is 6.36 Å². The first kappa shape index (κ1) is 28.9. The van der Waals surface area contributed by atoms with E-state index in [1.165, 1.54) is 30.4 Å². The average molecular weight is 601 g/mol. The van der Waals surface area contributed by atoms with Crippen molar-refractivity contribution in [1.29, 1.82) is 0 Å². The van der Waals surface area contributed by atoms with Gasteiger partial charge in [-0.2, -0.15) is 0 Å². The van der Waals surface area contributed by atoms with E-state index in [-0.39, 0.29) is 17.2 Å². The van der Waals surface area contributed by atoms with Crippen molar-refractivity contribution >= 4 is 11.6 Å². The first-order valence-electron chi connectivity index (χ1n) is 15.5. The Kier molecular flexibility index (Phi) is 6.62. The minimum absolute atomic E-state index is 0.0566. The second kappa shape index (κ2) is 9.84. The monoisotopic (exact) mass is 600 g/mol. The van der Waals surface area contributed by atoms with Crippen LogP contribution in [0.3, 0.4) is 0 Å². The number of likely N-dealkylation sites (tertiary alicyclic amines) is 1. The highest BCUT2D eigenvalue weighted by molar-refractivity contribution is 5.99. The maximum absolute atomic E-state index is 13.8. The molecule has 6 aliphatic rings. The highest BCUT2D eigenvalue weighted by atomic mass is 19.4. The van der Waals surface area contributed by atoms with Crippen LogP contribution in [0, 0.1) is 17.3 Å². The topological polar surface area (TPSA) is 71.0 Å². The fourth-order valence-corrected chi connectivity index (χ4v) is 9.30. The molecule has 3 unspecified atom stereocenters. The lowest BCUT2D eigenvalue weighted by atomic mass is 9.50. The van der Waals surface area contributed by atoms with Gasteiger partial charge in [0, 0.05) is 49.8 Å². The van der Waals surface area contributed by atoms with Gasteiger partial charge in [0.25, 0.3) is 5.91 Å². The second-order valence-corrected chi connectivity index (χ2v) is 14.0. The fourth-order valence-electron chi connectivity index (χ4n) is 9.30. The molecule has 2 saturated heterocycles. The van der Waals surface area contributed by atoms with Gasteiger partial charge in [-0.15, -0.1) is 13.2 Å². The summed E-state index contributed by atoms with van der Waals surface area (Å²) in [5.74, 6) is -0.875. The second-order valence-electron chi connectivity index (χ2n) is 14.0. The number of benzene rings is 1. The lowest BCUT2D eigenvalue weighted by molar-refractivity contribution is -0.947. The van der Waals surface area contributed by atoms with Gasteiger partial charge in [-0.1, -0.05) is 42.8 Å². The standard InChI is InChI=1S/C33H40F3N3O4/c1-38(2)27(21-8-5-4-6-9-21)28(43-33(34,35)36)30(40)37-32(41)15-14-22-18-24-23-10-7-11-25-31(23,26(22)29(32)42-25)16-17-39(24,3)19-20-12-13-20/h4-6,8-9,14-15,20,23-25,29,41H,7,10-13,16-19H2,1-3H3/p+1/t23-,24+,25-,29?,31+,32?,39?/m0/s1. The van der Waals surface area contributed by atoms with Gasteiger partial charge in [0.2, 0.25) is 5.76 Å². The summed E-state index contributed by atoms with van der Waals surface area (Å²) in [4.78, 5) is 15.2. The Balaban J connectivity index is 1.25. The summed E-state index contributed by atoms with van der Waals surface area (Å²) in [5.41, 5.74) is 0.285. The number of carbonyl (C=O) groups excluding carboxylic acids is 1. The molecule has 10 heteroatoms. The summed E-state index contributed by atoms with van der Waals surface area (Å²) >= 11 is 0. The summed E-state index contributed by atoms with van der Waals surface area (Å²) in [6.07, 6.45) is 4.81. The van der Waals surface area contributed by atoms with Crippen LogP contribution in [0.25, 0.3) is 5.70 Å². The molecule has 2 heterocycles. The molecule has 7 rings (SSSR count). The summed E-state index contributed by atoms with van der Waals surface area (Å²) in [6.45, 7) is 2.26. The van der Waals surface area contributed by atoms with Crippen molar-refractivity contribution in [2.24, 2.45) is 17.3 Å². The number of quaternary nitrogens is 1. The highest BCUT2D eigenvalue weighted by Gasteiger charge is 2.70. The third kappa shape index (κ3) is 4.63. The summed E-state index contributed by atoms with van der Waals surface area (Å²) in [6, 6.07) is 8.77. The van der Waals surface area contributed by atoms with E-state index in [0.717, 1.165) is 60.2 Å². The first-order chi connectivity index (χ1) is 20.3. The van der Waals surface area contributed by atoms with Crippen LogP contribution >= 0.6 is 0 Å². The fraction of sp³-hybridized carbons (Fsp3) is 0.606. The Morgan fingerprint density at radius 2 is 1.93 bits per heavy atom. The minimum atomic E-state index is -5.12. The minimum Gasteiger partial charge on any atom is -0.398 e. The zero-order valence-corrected chi connectivity index (χ0v) is 25.0. The molecular weight excluding hydrogens is 559 g/mol. The molecule has 4 fully saturated rings. The number of carbonyl (C=O) groups is 1. The highest BCUT2D eigenvalue weighted by Crippen LogP contribution is 2.67. The van der Waals surface area contributed by atoms with Crippen LogP contribution in [0.4, 0.5) is 13.2 Å². The summed E-state index contributed by atoms with van der Waals surface area (Å²) in [5, 5.41) is 14.6. The molecule has 4 aliphatic carbocycles. The number of nitrogens with one attached hydrogen (secondary N) is 1. The van der Waals surface area contributed by atoms with Gasteiger partial charge in [-0.3, -0.25) is 4.79 Å². The number of ether oxygens (including phenoxy) is 2. The smallest absolute Gasteiger partial charge is 0.398 e. The molecule has 1 aromatic rings. The number of alkyl halides is 3. The van der Waals surface area contributed by atoms with E-state index >= 15 is 0 Å². The van der Waals surface area contributed by atoms with Gasteiger partial charge in [-0.05, 0) is 42.9 Å². The molecule has 2 aliphatic heterocycles. The normalized spacial score (nSPS) is 38.3. The molecule has 0 aromatic heterocycles. The maximum atomic E-state index is 13.8. The number of hydrogen-bond acceptors (Lipinski definition) is 5. The summed E-state index contributed by atoms with van der Waals surface area (Å²) in [7, 11) is 5.51. The Bertz CT molecular complexity index is 1400. The Hall–Kier alpha value is -2.82. The number of allylic oxidation sites excluding steroid dienone is 1. The van der Waals surface area contributed by atoms with Crippen molar-refractivity contribution in [3.8, 4) is 0 Å². The van der Waals surface area contributed by atoms with E-state index in [0.29, 0.717) is 17.5 Å². The molecule has 1 spiro atoms. The van der Waals surface area contributed by atoms with Crippen LogP contribution in [-0.2, 0) is 14.3 Å². The lowest BCUT2D eigenvalue weighted by Crippen LogP contribution is -2.69. The third-order valence-corrected chi connectivity index (χ3v) is 11.1. The molecule has 2 saturated carbocycles. The molecule has 1 amide bonds. The van der Waals surface area contributed by atoms with E-state index in [1.807, 2.05) is 6.08 Å². The van der Waals surface area contributed by atoms with Gasteiger partial charge in [-0.25, -0.2) is 0 Å². The molecule has 1 aromatic carbocycles. The van der Waals surface area contributed by atoms with Gasteiger partial charge in [0.05, 0.1) is 38.0 Å². The van der Waals surface area contributed by atoms with Crippen LogP contribution in [0.1, 0.15) is 50.5 Å². The zero-order chi connectivity index (χ0) is 30.4. The Morgan fingerprint density at radius 3 is 2.60 bits per heavy atom. The quantitative estimate of drug-likeness (QED) is 0.205. The number of rotatable bonds is 7. The van der Waals surface area contributed by atoms with E-state index in [4.69, 9.17) is 4.74 Å². The number of hydrogen-bond donors (Lipinski definition) is 2. The lowest BCUT2D eigenvalue weighted by Gasteiger charge is -2.61. The predicted molar refractivity (Wildman–Crippen MR) is 154 cm³/mol. The predicted octanol–water partition coefficient (Wildman–Crippen LogP) is 4.71. The van der Waals surface area contributed by atoms with Crippen LogP contribution < -0.4 is 5.32 Å². The van der Waals surface area contributed by atoms with Crippen molar-refractivity contribution in [2.75, 3.05) is 34.2 Å². The number of piperidine rings is 1. The van der Waals surface area contributed by atoms with Crippen LogP contribution in [0.2, 0.25) is 0 Å². The first-order valence-corrected chi connectivity index (χ1v) is 15.5. The average Bonchev–Trinajstić information content (AvgIpc) is 3.68. The molecule has 2 bridgehead atoms. The molecule has 0 radical (unpaired) electrons. The van der Waals surface area contributed by atoms with Crippen molar-refractivity contribution < 1.29 is 37.0 Å². The van der Waals surface area contributed by atoms with Crippen LogP contribution in [0.5, 0.6) is 0 Å². The van der Waals surface area contributed by atoms with Crippen molar-refractivity contribution in [2.45, 2.75) is 75.3 Å². The molecule has 2 N–H and O–H groups in total. The number of amides is 1. The van der Waals surface area contributed by atoms with Crippen molar-refractivity contribution in [3.63, 3.8) is 0 Å². The molecule has 7 nitrogen and oxygen atoms in total. The largest absolute Gasteiger partial charge is 0.573 e. The SMILES string of the molecule is CN(C)C(=C(OC(F)(F)F)C(=O)NC1(O)C=CC2=C3C1O[C@H]1CCC[C@H]4[C@@H](C2)[N+](C)(CC2CC2)CC[C@]314)c1ccccc1. The van der Waals surface area contributed by atoms with E-state index < -0.39 is 29.9 Å². The zero-order valence-electron chi connectivity index (χ0n) is 25.0. The number of nitrogens with zero attached hydrogens (tertiary/aromatic N) is 2. The van der Waals surface area contributed by atoms with Crippen molar-refractivity contribution in [3.05, 3.63) is 65.0 Å². The molecule has 43 heavy (non-hydrogen) atoms. The van der Waals surface area contributed by atoms with Gasteiger partial charge in [0.1, 0.15) is 6.10 Å². The maximum Gasteiger partial charge on any atom is 0.573 e. The van der Waals surface area contributed by atoms with E-state index in [2.05, 4.69) is 17.1 Å².